The molecule has 0 aromatic heterocycles. The Morgan fingerprint density at radius 1 is 1.11 bits per heavy atom. The molecule has 2 aromatic carbocycles. The molecule has 0 radical (unpaired) electrons. The van der Waals surface area contributed by atoms with E-state index in [4.69, 9.17) is 11.6 Å². The van der Waals surface area contributed by atoms with E-state index in [9.17, 15) is 14.7 Å². The normalized spacial score (nSPS) is 18.9. The molecule has 0 spiro atoms. The molecule has 1 aliphatic rings. The van der Waals surface area contributed by atoms with E-state index in [0.717, 1.165) is 6.54 Å². The van der Waals surface area contributed by atoms with Crippen molar-refractivity contribution in [3.63, 3.8) is 0 Å². The average molecular weight is 399 g/mol. The zero-order valence-corrected chi connectivity index (χ0v) is 16.7. The molecule has 0 aliphatic carbocycles. The lowest BCUT2D eigenvalue weighted by atomic mass is 9.95. The van der Waals surface area contributed by atoms with E-state index in [2.05, 4.69) is 0 Å². The quantitative estimate of drug-likeness (QED) is 0.457. The summed E-state index contributed by atoms with van der Waals surface area (Å²) >= 11 is 6.16. The highest BCUT2D eigenvalue weighted by Gasteiger charge is 2.45. The highest BCUT2D eigenvalue weighted by molar-refractivity contribution is 6.46. The van der Waals surface area contributed by atoms with Crippen molar-refractivity contribution in [2.45, 2.75) is 12.5 Å². The molecule has 6 heteroatoms. The number of likely N-dealkylation sites (tertiary alicyclic amines) is 1. The van der Waals surface area contributed by atoms with Crippen molar-refractivity contribution in [3.8, 4) is 0 Å². The number of halogens is 1. The largest absolute Gasteiger partial charge is 0.507 e. The number of amides is 1. The van der Waals surface area contributed by atoms with Gasteiger partial charge in [-0.1, -0.05) is 54.1 Å². The molecule has 28 heavy (non-hydrogen) atoms. The Balaban J connectivity index is 2.08. The van der Waals surface area contributed by atoms with Gasteiger partial charge in [0, 0.05) is 17.1 Å². The van der Waals surface area contributed by atoms with Crippen molar-refractivity contribution in [2.24, 2.45) is 0 Å². The van der Waals surface area contributed by atoms with Crippen LogP contribution in [-0.2, 0) is 9.59 Å². The van der Waals surface area contributed by atoms with Crippen LogP contribution in [-0.4, -0.2) is 53.8 Å². The van der Waals surface area contributed by atoms with Crippen LogP contribution in [0.5, 0.6) is 0 Å². The SMILES string of the molecule is CN(C)CCCN1C(=O)C(=O)C(=C(O)c2ccccc2)C1c1cccc(Cl)c1. The Hall–Kier alpha value is -2.63. The molecule has 1 heterocycles. The zero-order chi connectivity index (χ0) is 20.3. The van der Waals surface area contributed by atoms with Crippen molar-refractivity contribution in [2.75, 3.05) is 27.2 Å². The van der Waals surface area contributed by atoms with Crippen LogP contribution in [0.3, 0.4) is 0 Å². The molecule has 1 aliphatic heterocycles. The minimum Gasteiger partial charge on any atom is -0.507 e. The number of ketones is 1. The Kier molecular flexibility index (Phi) is 6.17. The first-order valence-electron chi connectivity index (χ1n) is 9.14. The molecule has 1 N–H and O–H groups in total. The van der Waals surface area contributed by atoms with Crippen LogP contribution >= 0.6 is 11.6 Å². The Bertz CT molecular complexity index is 909. The molecule has 1 fully saturated rings. The predicted molar refractivity (Wildman–Crippen MR) is 110 cm³/mol. The van der Waals surface area contributed by atoms with Crippen molar-refractivity contribution < 1.29 is 14.7 Å². The molecule has 1 unspecified atom stereocenters. The van der Waals surface area contributed by atoms with Crippen LogP contribution in [0.25, 0.3) is 5.76 Å². The van der Waals surface area contributed by atoms with Crippen LogP contribution < -0.4 is 0 Å². The molecule has 0 saturated carbocycles. The van der Waals surface area contributed by atoms with Crippen LogP contribution in [0.1, 0.15) is 23.6 Å². The lowest BCUT2D eigenvalue weighted by molar-refractivity contribution is -0.139. The number of aliphatic hydroxyl groups is 1. The fourth-order valence-electron chi connectivity index (χ4n) is 3.44. The van der Waals surface area contributed by atoms with Gasteiger partial charge in [-0.05, 0) is 44.8 Å². The summed E-state index contributed by atoms with van der Waals surface area (Å²) < 4.78 is 0. The molecule has 146 valence electrons. The second kappa shape index (κ2) is 8.59. The predicted octanol–water partition coefficient (Wildman–Crippen LogP) is 3.71. The van der Waals surface area contributed by atoms with E-state index in [-0.39, 0.29) is 11.3 Å². The molecular formula is C22H23ClN2O3. The van der Waals surface area contributed by atoms with E-state index in [0.29, 0.717) is 29.1 Å². The van der Waals surface area contributed by atoms with Gasteiger partial charge in [-0.15, -0.1) is 0 Å². The van der Waals surface area contributed by atoms with Gasteiger partial charge in [0.2, 0.25) is 0 Å². The number of carbonyl (C=O) groups excluding carboxylic acids is 2. The molecule has 1 amide bonds. The van der Waals surface area contributed by atoms with Crippen molar-refractivity contribution in [3.05, 3.63) is 76.3 Å². The minimum atomic E-state index is -0.670. The first-order valence-corrected chi connectivity index (χ1v) is 9.52. The smallest absolute Gasteiger partial charge is 0.295 e. The van der Waals surface area contributed by atoms with Crippen molar-refractivity contribution in [1.82, 2.24) is 9.80 Å². The minimum absolute atomic E-state index is 0.100. The average Bonchev–Trinajstić information content (AvgIpc) is 2.93. The second-order valence-corrected chi connectivity index (χ2v) is 7.51. The standard InChI is InChI=1S/C22H23ClN2O3/c1-24(2)12-7-13-25-19(16-10-6-11-17(23)14-16)18(21(27)22(25)28)20(26)15-8-4-3-5-9-15/h3-6,8-11,14,19,26H,7,12-13H2,1-2H3. The third-order valence-electron chi connectivity index (χ3n) is 4.76. The summed E-state index contributed by atoms with van der Waals surface area (Å²) in [6, 6.07) is 15.2. The summed E-state index contributed by atoms with van der Waals surface area (Å²) in [5, 5.41) is 11.4. The number of Topliss-reactive ketones (excluding diaryl/α,β-unsaturated/α-hetero) is 1. The maximum atomic E-state index is 12.8. The van der Waals surface area contributed by atoms with Gasteiger partial charge in [0.25, 0.3) is 11.7 Å². The van der Waals surface area contributed by atoms with Gasteiger partial charge < -0.3 is 14.9 Å². The number of rotatable bonds is 6. The molecule has 5 nitrogen and oxygen atoms in total. The summed E-state index contributed by atoms with van der Waals surface area (Å²) in [4.78, 5) is 29.2. The number of benzene rings is 2. The van der Waals surface area contributed by atoms with E-state index in [1.807, 2.05) is 31.1 Å². The number of hydrogen-bond donors (Lipinski definition) is 1. The fraction of sp³-hybridized carbons (Fsp3) is 0.273. The Morgan fingerprint density at radius 3 is 2.46 bits per heavy atom. The van der Waals surface area contributed by atoms with Gasteiger partial charge in [-0.25, -0.2) is 0 Å². The van der Waals surface area contributed by atoms with Gasteiger partial charge in [0.15, 0.2) is 0 Å². The third kappa shape index (κ3) is 4.11. The van der Waals surface area contributed by atoms with Crippen LogP contribution in [0.15, 0.2) is 60.2 Å². The maximum Gasteiger partial charge on any atom is 0.295 e. The van der Waals surface area contributed by atoms with Crippen LogP contribution in [0, 0.1) is 0 Å². The molecule has 3 rings (SSSR count). The number of aliphatic hydroxyl groups excluding tert-OH is 1. The van der Waals surface area contributed by atoms with Crippen LogP contribution in [0.4, 0.5) is 0 Å². The van der Waals surface area contributed by atoms with Gasteiger partial charge in [0.1, 0.15) is 5.76 Å². The summed E-state index contributed by atoms with van der Waals surface area (Å²) in [6.07, 6.45) is 0.711. The van der Waals surface area contributed by atoms with Gasteiger partial charge in [0.05, 0.1) is 11.6 Å². The van der Waals surface area contributed by atoms with Crippen molar-refractivity contribution >= 4 is 29.1 Å². The first kappa shape index (κ1) is 20.1. The fourth-order valence-corrected chi connectivity index (χ4v) is 3.64. The van der Waals surface area contributed by atoms with Gasteiger partial charge in [-0.2, -0.15) is 0 Å². The second-order valence-electron chi connectivity index (χ2n) is 7.07. The molecule has 0 bridgehead atoms. The number of carbonyl (C=O) groups is 2. The van der Waals surface area contributed by atoms with Gasteiger partial charge >= 0.3 is 0 Å². The summed E-state index contributed by atoms with van der Waals surface area (Å²) in [7, 11) is 3.91. The highest BCUT2D eigenvalue weighted by Crippen LogP contribution is 2.39. The molecular weight excluding hydrogens is 376 g/mol. The Morgan fingerprint density at radius 2 is 1.82 bits per heavy atom. The van der Waals surface area contributed by atoms with Crippen molar-refractivity contribution in [1.29, 1.82) is 0 Å². The van der Waals surface area contributed by atoms with E-state index < -0.39 is 17.7 Å². The Labute approximate surface area is 169 Å². The van der Waals surface area contributed by atoms with E-state index >= 15 is 0 Å². The van der Waals surface area contributed by atoms with Crippen LogP contribution in [0.2, 0.25) is 5.02 Å². The number of nitrogens with zero attached hydrogens (tertiary/aromatic N) is 2. The lowest BCUT2D eigenvalue weighted by Crippen LogP contribution is -2.32. The monoisotopic (exact) mass is 398 g/mol. The first-order chi connectivity index (χ1) is 13.4. The summed E-state index contributed by atoms with van der Waals surface area (Å²) in [5.74, 6) is -1.43. The van der Waals surface area contributed by atoms with E-state index in [1.54, 1.807) is 42.5 Å². The highest BCUT2D eigenvalue weighted by atomic mass is 35.5. The van der Waals surface area contributed by atoms with Gasteiger partial charge in [-0.3, -0.25) is 9.59 Å². The number of hydrogen-bond acceptors (Lipinski definition) is 4. The molecule has 2 aromatic rings. The summed E-state index contributed by atoms with van der Waals surface area (Å²) in [5.41, 5.74) is 1.30. The molecule has 1 atom stereocenters. The third-order valence-corrected chi connectivity index (χ3v) is 4.99. The molecule has 1 saturated heterocycles. The lowest BCUT2D eigenvalue weighted by Gasteiger charge is -2.26. The zero-order valence-electron chi connectivity index (χ0n) is 15.9. The topological polar surface area (TPSA) is 60.9 Å². The maximum absolute atomic E-state index is 12.8. The van der Waals surface area contributed by atoms with E-state index in [1.165, 1.54) is 4.90 Å². The summed E-state index contributed by atoms with van der Waals surface area (Å²) in [6.45, 7) is 1.19.